The Hall–Kier alpha value is -0.590. The molecular formula is C9H19N3. The molecule has 0 aliphatic rings. The maximum absolute atomic E-state index is 8.48. The van der Waals surface area contributed by atoms with Crippen molar-refractivity contribution >= 4 is 0 Å². The van der Waals surface area contributed by atoms with Crippen molar-refractivity contribution in [3.8, 4) is 6.07 Å². The average Bonchev–Trinajstić information content (AvgIpc) is 2.00. The Bertz CT molecular complexity index is 148. The fourth-order valence-corrected chi connectivity index (χ4v) is 0.866. The molecule has 0 aliphatic heterocycles. The lowest BCUT2D eigenvalue weighted by molar-refractivity contribution is 0.231. The van der Waals surface area contributed by atoms with Crippen molar-refractivity contribution in [3.05, 3.63) is 0 Å². The van der Waals surface area contributed by atoms with Gasteiger partial charge in [-0.25, -0.2) is 0 Å². The van der Waals surface area contributed by atoms with Gasteiger partial charge in [0.2, 0.25) is 0 Å². The first-order chi connectivity index (χ1) is 5.57. The molecule has 0 aromatic carbocycles. The van der Waals surface area contributed by atoms with Gasteiger partial charge in [0.05, 0.1) is 12.5 Å². The zero-order chi connectivity index (χ0) is 9.56. The third kappa shape index (κ3) is 5.11. The molecule has 0 N–H and O–H groups in total. The fraction of sp³-hybridized carbons (Fsp3) is 0.889. The lowest BCUT2D eigenvalue weighted by Gasteiger charge is -2.23. The van der Waals surface area contributed by atoms with Crippen LogP contribution in [0.15, 0.2) is 0 Å². The van der Waals surface area contributed by atoms with Gasteiger partial charge < -0.3 is 9.80 Å². The average molecular weight is 169 g/mol. The van der Waals surface area contributed by atoms with E-state index >= 15 is 0 Å². The summed E-state index contributed by atoms with van der Waals surface area (Å²) in [4.78, 5) is 4.36. The molecule has 1 unspecified atom stereocenters. The minimum absolute atomic E-state index is 0.370. The Labute approximate surface area is 75.6 Å². The summed E-state index contributed by atoms with van der Waals surface area (Å²) < 4.78 is 0. The highest BCUT2D eigenvalue weighted by atomic mass is 15.2. The predicted molar refractivity (Wildman–Crippen MR) is 50.9 cm³/mol. The summed E-state index contributed by atoms with van der Waals surface area (Å²) in [6.45, 7) is 4.15. The van der Waals surface area contributed by atoms with Gasteiger partial charge in [0, 0.05) is 19.1 Å². The third-order valence-electron chi connectivity index (χ3n) is 2.04. The highest BCUT2D eigenvalue weighted by Crippen LogP contribution is 1.98. The van der Waals surface area contributed by atoms with Crippen molar-refractivity contribution in [3.63, 3.8) is 0 Å². The molecule has 3 nitrogen and oxygen atoms in total. The zero-order valence-electron chi connectivity index (χ0n) is 8.54. The number of nitriles is 1. The molecule has 0 aromatic rings. The van der Waals surface area contributed by atoms with E-state index in [2.05, 4.69) is 43.9 Å². The summed E-state index contributed by atoms with van der Waals surface area (Å²) in [7, 11) is 6.18. The molecule has 0 saturated carbocycles. The molecule has 0 fully saturated rings. The normalized spacial score (nSPS) is 13.4. The summed E-state index contributed by atoms with van der Waals surface area (Å²) in [5.41, 5.74) is 0. The number of hydrogen-bond donors (Lipinski definition) is 0. The Morgan fingerprint density at radius 3 is 2.25 bits per heavy atom. The Morgan fingerprint density at radius 1 is 1.25 bits per heavy atom. The van der Waals surface area contributed by atoms with Crippen molar-refractivity contribution in [2.45, 2.75) is 19.4 Å². The molecule has 0 rings (SSSR count). The van der Waals surface area contributed by atoms with E-state index < -0.39 is 0 Å². The van der Waals surface area contributed by atoms with Gasteiger partial charge in [0.1, 0.15) is 0 Å². The fourth-order valence-electron chi connectivity index (χ4n) is 0.866. The first-order valence-electron chi connectivity index (χ1n) is 4.30. The molecule has 70 valence electrons. The quantitative estimate of drug-likeness (QED) is 0.609. The molecule has 0 spiro atoms. The molecule has 0 aromatic heterocycles. The topological polar surface area (TPSA) is 30.3 Å². The molecular weight excluding hydrogens is 150 g/mol. The molecule has 0 radical (unpaired) electrons. The molecule has 0 heterocycles. The van der Waals surface area contributed by atoms with Crippen LogP contribution in [-0.4, -0.2) is 50.1 Å². The van der Waals surface area contributed by atoms with E-state index in [1.807, 2.05) is 0 Å². The van der Waals surface area contributed by atoms with E-state index in [0.29, 0.717) is 12.5 Å². The van der Waals surface area contributed by atoms with Crippen molar-refractivity contribution in [1.82, 2.24) is 9.80 Å². The van der Waals surface area contributed by atoms with Crippen molar-refractivity contribution in [2.24, 2.45) is 0 Å². The maximum Gasteiger partial charge on any atom is 0.0638 e. The SMILES string of the molecule is CC(CC#N)N(C)CCN(C)C. The smallest absolute Gasteiger partial charge is 0.0638 e. The van der Waals surface area contributed by atoms with Crippen LogP contribution in [0.1, 0.15) is 13.3 Å². The third-order valence-corrected chi connectivity index (χ3v) is 2.04. The van der Waals surface area contributed by atoms with Crippen LogP contribution in [0, 0.1) is 11.3 Å². The Morgan fingerprint density at radius 2 is 1.83 bits per heavy atom. The maximum atomic E-state index is 8.48. The molecule has 0 amide bonds. The number of hydrogen-bond acceptors (Lipinski definition) is 3. The summed E-state index contributed by atoms with van der Waals surface area (Å²) in [6, 6.07) is 2.55. The van der Waals surface area contributed by atoms with Gasteiger partial charge >= 0.3 is 0 Å². The molecule has 3 heteroatoms. The molecule has 0 aliphatic carbocycles. The first-order valence-corrected chi connectivity index (χ1v) is 4.30. The summed E-state index contributed by atoms with van der Waals surface area (Å²) in [6.07, 6.45) is 0.615. The second-order valence-corrected chi connectivity index (χ2v) is 3.50. The summed E-state index contributed by atoms with van der Waals surface area (Å²) in [5, 5.41) is 8.48. The van der Waals surface area contributed by atoms with Gasteiger partial charge in [-0.3, -0.25) is 0 Å². The van der Waals surface area contributed by atoms with E-state index in [-0.39, 0.29) is 0 Å². The second-order valence-electron chi connectivity index (χ2n) is 3.50. The van der Waals surface area contributed by atoms with Gasteiger partial charge in [-0.05, 0) is 28.1 Å². The minimum Gasteiger partial charge on any atom is -0.308 e. The van der Waals surface area contributed by atoms with Crippen molar-refractivity contribution < 1.29 is 0 Å². The van der Waals surface area contributed by atoms with Gasteiger partial charge in [0.15, 0.2) is 0 Å². The predicted octanol–water partition coefficient (Wildman–Crippen LogP) is 0.782. The number of nitrogens with zero attached hydrogens (tertiary/aromatic N) is 3. The van der Waals surface area contributed by atoms with Crippen molar-refractivity contribution in [1.29, 1.82) is 5.26 Å². The van der Waals surface area contributed by atoms with Crippen LogP contribution in [0.25, 0.3) is 0 Å². The van der Waals surface area contributed by atoms with E-state index in [9.17, 15) is 0 Å². The van der Waals surface area contributed by atoms with Crippen LogP contribution in [0.5, 0.6) is 0 Å². The zero-order valence-corrected chi connectivity index (χ0v) is 8.54. The minimum atomic E-state index is 0.370. The summed E-state index contributed by atoms with van der Waals surface area (Å²) >= 11 is 0. The Kier molecular flexibility index (Phi) is 5.69. The molecule has 0 saturated heterocycles. The van der Waals surface area contributed by atoms with E-state index in [1.54, 1.807) is 0 Å². The van der Waals surface area contributed by atoms with Crippen LogP contribution < -0.4 is 0 Å². The van der Waals surface area contributed by atoms with E-state index in [0.717, 1.165) is 13.1 Å². The van der Waals surface area contributed by atoms with Gasteiger partial charge in [-0.1, -0.05) is 0 Å². The van der Waals surface area contributed by atoms with Crippen LogP contribution in [-0.2, 0) is 0 Å². The second kappa shape index (κ2) is 5.99. The standard InChI is InChI=1S/C9H19N3/c1-9(5-6-10)12(4)8-7-11(2)3/h9H,5,7-8H2,1-4H3. The Balaban J connectivity index is 3.57. The van der Waals surface area contributed by atoms with E-state index in [4.69, 9.17) is 5.26 Å². The van der Waals surface area contributed by atoms with Crippen LogP contribution in [0.3, 0.4) is 0 Å². The van der Waals surface area contributed by atoms with Crippen molar-refractivity contribution in [2.75, 3.05) is 34.2 Å². The van der Waals surface area contributed by atoms with E-state index in [1.165, 1.54) is 0 Å². The van der Waals surface area contributed by atoms with Crippen LogP contribution in [0.4, 0.5) is 0 Å². The monoisotopic (exact) mass is 169 g/mol. The van der Waals surface area contributed by atoms with Gasteiger partial charge in [-0.2, -0.15) is 5.26 Å². The summed E-state index contributed by atoms with van der Waals surface area (Å²) in [5.74, 6) is 0. The highest BCUT2D eigenvalue weighted by molar-refractivity contribution is 4.78. The lowest BCUT2D eigenvalue weighted by Crippen LogP contribution is -2.34. The molecule has 1 atom stereocenters. The van der Waals surface area contributed by atoms with Gasteiger partial charge in [-0.15, -0.1) is 0 Å². The van der Waals surface area contributed by atoms with Gasteiger partial charge in [0.25, 0.3) is 0 Å². The highest BCUT2D eigenvalue weighted by Gasteiger charge is 2.07. The number of likely N-dealkylation sites (N-methyl/N-ethyl adjacent to an activating group) is 2. The van der Waals surface area contributed by atoms with Crippen LogP contribution >= 0.6 is 0 Å². The lowest BCUT2D eigenvalue weighted by atomic mass is 10.2. The largest absolute Gasteiger partial charge is 0.308 e. The molecule has 0 bridgehead atoms. The molecule has 12 heavy (non-hydrogen) atoms. The van der Waals surface area contributed by atoms with Crippen LogP contribution in [0.2, 0.25) is 0 Å². The number of rotatable bonds is 5. The first kappa shape index (κ1) is 11.4.